The Balaban J connectivity index is 1.89. The number of hydrogen-bond acceptors (Lipinski definition) is 3. The maximum absolute atomic E-state index is 11.9. The summed E-state index contributed by atoms with van der Waals surface area (Å²) in [6.07, 6.45) is 2.66. The number of anilines is 1. The number of benzene rings is 1. The molecule has 0 radical (unpaired) electrons. The summed E-state index contributed by atoms with van der Waals surface area (Å²) in [6.45, 7) is 5.11. The molecule has 112 valence electrons. The zero-order valence-corrected chi connectivity index (χ0v) is 12.6. The molecule has 0 bridgehead atoms. The first kappa shape index (κ1) is 15.3. The van der Waals surface area contributed by atoms with E-state index in [0.717, 1.165) is 18.0 Å². The summed E-state index contributed by atoms with van der Waals surface area (Å²) in [6, 6.07) is 11.9. The van der Waals surface area contributed by atoms with Gasteiger partial charge in [0.25, 0.3) is 0 Å². The van der Waals surface area contributed by atoms with Crippen LogP contribution in [-0.2, 0) is 11.2 Å². The van der Waals surface area contributed by atoms with Crippen LogP contribution in [0.4, 0.5) is 5.69 Å². The van der Waals surface area contributed by atoms with Crippen LogP contribution in [0.25, 0.3) is 0 Å². The Morgan fingerprint density at radius 3 is 2.86 bits per heavy atom. The average molecular weight is 286 g/mol. The van der Waals surface area contributed by atoms with Crippen molar-refractivity contribution in [3.8, 4) is 0 Å². The van der Waals surface area contributed by atoms with Gasteiger partial charge in [-0.15, -0.1) is 0 Å². The Bertz CT molecular complexity index is 564. The molecule has 1 amide bonds. The summed E-state index contributed by atoms with van der Waals surface area (Å²) in [5.74, 6) is 0.833. The maximum atomic E-state index is 11.9. The average Bonchev–Trinajstić information content (AvgIpc) is 2.99. The molecule has 0 saturated carbocycles. The molecule has 2 rings (SSSR count). The van der Waals surface area contributed by atoms with E-state index < -0.39 is 0 Å². The maximum Gasteiger partial charge on any atom is 0.224 e. The van der Waals surface area contributed by atoms with Crippen molar-refractivity contribution in [2.75, 3.05) is 11.9 Å². The quantitative estimate of drug-likeness (QED) is 0.818. The van der Waals surface area contributed by atoms with E-state index in [4.69, 9.17) is 4.42 Å². The lowest BCUT2D eigenvalue weighted by Gasteiger charge is -2.14. The third kappa shape index (κ3) is 4.76. The van der Waals surface area contributed by atoms with E-state index in [0.29, 0.717) is 12.8 Å². The zero-order chi connectivity index (χ0) is 15.1. The lowest BCUT2D eigenvalue weighted by atomic mass is 10.1. The lowest BCUT2D eigenvalue weighted by Crippen LogP contribution is -2.18. The third-order valence-corrected chi connectivity index (χ3v) is 3.36. The fraction of sp³-hybridized carbons (Fsp3) is 0.353. The minimum Gasteiger partial charge on any atom is -0.469 e. The highest BCUT2D eigenvalue weighted by atomic mass is 16.3. The number of nitrogens with one attached hydrogen (secondary N) is 2. The van der Waals surface area contributed by atoms with Gasteiger partial charge in [-0.2, -0.15) is 0 Å². The monoisotopic (exact) mass is 286 g/mol. The predicted octanol–water partition coefficient (Wildman–Crippen LogP) is 3.52. The number of carbonyl (C=O) groups excluding carboxylic acids is 1. The SMILES string of the molecule is CCNC(C)c1cccc(NC(=O)CCc2ccco2)c1. The second kappa shape index (κ2) is 7.64. The smallest absolute Gasteiger partial charge is 0.224 e. The van der Waals surface area contributed by atoms with Gasteiger partial charge < -0.3 is 15.1 Å². The van der Waals surface area contributed by atoms with Gasteiger partial charge in [-0.3, -0.25) is 4.79 Å². The molecule has 0 saturated heterocycles. The molecule has 2 aromatic rings. The summed E-state index contributed by atoms with van der Waals surface area (Å²) in [5.41, 5.74) is 2.00. The van der Waals surface area contributed by atoms with Crippen LogP contribution in [0.1, 0.15) is 37.6 Å². The highest BCUT2D eigenvalue weighted by Gasteiger charge is 2.07. The van der Waals surface area contributed by atoms with Crippen LogP contribution < -0.4 is 10.6 Å². The molecule has 1 heterocycles. The van der Waals surface area contributed by atoms with E-state index in [1.54, 1.807) is 6.26 Å². The van der Waals surface area contributed by atoms with Crippen molar-refractivity contribution in [2.24, 2.45) is 0 Å². The van der Waals surface area contributed by atoms with Gasteiger partial charge in [-0.05, 0) is 43.3 Å². The Hall–Kier alpha value is -2.07. The molecule has 0 aliphatic rings. The fourth-order valence-corrected chi connectivity index (χ4v) is 2.22. The molecule has 1 atom stereocenters. The van der Waals surface area contributed by atoms with Crippen molar-refractivity contribution in [1.29, 1.82) is 0 Å². The first-order valence-corrected chi connectivity index (χ1v) is 7.34. The number of hydrogen-bond donors (Lipinski definition) is 2. The molecule has 0 aliphatic carbocycles. The van der Waals surface area contributed by atoms with Gasteiger partial charge in [0.1, 0.15) is 5.76 Å². The molecule has 2 N–H and O–H groups in total. The van der Waals surface area contributed by atoms with E-state index in [9.17, 15) is 4.79 Å². The second-order valence-electron chi connectivity index (χ2n) is 5.03. The fourth-order valence-electron chi connectivity index (χ4n) is 2.22. The topological polar surface area (TPSA) is 54.3 Å². The van der Waals surface area contributed by atoms with Crippen LogP contribution in [0.5, 0.6) is 0 Å². The Kier molecular flexibility index (Phi) is 5.58. The van der Waals surface area contributed by atoms with Crippen molar-refractivity contribution in [3.05, 3.63) is 54.0 Å². The molecular weight excluding hydrogens is 264 g/mol. The van der Waals surface area contributed by atoms with Gasteiger partial charge in [0.15, 0.2) is 0 Å². The molecule has 1 aromatic heterocycles. The molecule has 0 fully saturated rings. The Labute approximate surface area is 125 Å². The predicted molar refractivity (Wildman–Crippen MR) is 84.2 cm³/mol. The van der Waals surface area contributed by atoms with Gasteiger partial charge in [0.2, 0.25) is 5.91 Å². The molecule has 0 aliphatic heterocycles. The highest BCUT2D eigenvalue weighted by Crippen LogP contribution is 2.17. The van der Waals surface area contributed by atoms with Crippen LogP contribution in [0.3, 0.4) is 0 Å². The van der Waals surface area contributed by atoms with E-state index in [2.05, 4.69) is 30.5 Å². The molecule has 0 spiro atoms. The van der Waals surface area contributed by atoms with Gasteiger partial charge in [-0.25, -0.2) is 0 Å². The van der Waals surface area contributed by atoms with Crippen molar-refractivity contribution in [1.82, 2.24) is 5.32 Å². The summed E-state index contributed by atoms with van der Waals surface area (Å²) in [4.78, 5) is 11.9. The highest BCUT2D eigenvalue weighted by molar-refractivity contribution is 5.90. The van der Waals surface area contributed by atoms with E-state index in [-0.39, 0.29) is 11.9 Å². The zero-order valence-electron chi connectivity index (χ0n) is 12.6. The van der Waals surface area contributed by atoms with E-state index in [1.165, 1.54) is 5.56 Å². The largest absolute Gasteiger partial charge is 0.469 e. The number of furan rings is 1. The summed E-state index contributed by atoms with van der Waals surface area (Å²) in [7, 11) is 0. The van der Waals surface area contributed by atoms with Crippen molar-refractivity contribution >= 4 is 11.6 Å². The molecule has 1 aromatic carbocycles. The summed E-state index contributed by atoms with van der Waals surface area (Å²) < 4.78 is 5.22. The Morgan fingerprint density at radius 2 is 2.14 bits per heavy atom. The number of rotatable bonds is 7. The Morgan fingerprint density at radius 1 is 1.29 bits per heavy atom. The van der Waals surface area contributed by atoms with E-state index >= 15 is 0 Å². The second-order valence-corrected chi connectivity index (χ2v) is 5.03. The molecular formula is C17H22N2O2. The summed E-state index contributed by atoms with van der Waals surface area (Å²) in [5, 5.41) is 6.29. The summed E-state index contributed by atoms with van der Waals surface area (Å²) >= 11 is 0. The molecule has 4 nitrogen and oxygen atoms in total. The van der Waals surface area contributed by atoms with Crippen molar-refractivity contribution in [2.45, 2.75) is 32.7 Å². The standard InChI is InChI=1S/C17H22N2O2/c1-3-18-13(2)14-6-4-7-15(12-14)19-17(20)10-9-16-8-5-11-21-16/h4-8,11-13,18H,3,9-10H2,1-2H3,(H,19,20). The van der Waals surface area contributed by atoms with Crippen LogP contribution in [0, 0.1) is 0 Å². The molecule has 1 unspecified atom stereocenters. The number of aryl methyl sites for hydroxylation is 1. The number of carbonyl (C=O) groups is 1. The minimum atomic E-state index is -0.000321. The van der Waals surface area contributed by atoms with Gasteiger partial charge in [-0.1, -0.05) is 19.1 Å². The molecule has 21 heavy (non-hydrogen) atoms. The normalized spacial score (nSPS) is 12.1. The van der Waals surface area contributed by atoms with E-state index in [1.807, 2.05) is 30.3 Å². The first-order chi connectivity index (χ1) is 10.2. The van der Waals surface area contributed by atoms with Crippen molar-refractivity contribution in [3.63, 3.8) is 0 Å². The van der Waals surface area contributed by atoms with Gasteiger partial charge in [0, 0.05) is 24.6 Å². The van der Waals surface area contributed by atoms with Gasteiger partial charge >= 0.3 is 0 Å². The first-order valence-electron chi connectivity index (χ1n) is 7.34. The van der Waals surface area contributed by atoms with Gasteiger partial charge in [0.05, 0.1) is 6.26 Å². The number of amides is 1. The van der Waals surface area contributed by atoms with Crippen LogP contribution >= 0.6 is 0 Å². The van der Waals surface area contributed by atoms with Crippen molar-refractivity contribution < 1.29 is 9.21 Å². The van der Waals surface area contributed by atoms with Crippen LogP contribution in [-0.4, -0.2) is 12.5 Å². The molecule has 4 heteroatoms. The van der Waals surface area contributed by atoms with Crippen LogP contribution in [0.15, 0.2) is 47.1 Å². The minimum absolute atomic E-state index is 0.000321. The van der Waals surface area contributed by atoms with Crippen LogP contribution in [0.2, 0.25) is 0 Å². The lowest BCUT2D eigenvalue weighted by molar-refractivity contribution is -0.116. The third-order valence-electron chi connectivity index (χ3n) is 3.36.